The van der Waals surface area contributed by atoms with Gasteiger partial charge in [0.2, 0.25) is 5.91 Å². The quantitative estimate of drug-likeness (QED) is 0.859. The number of Topliss-reactive ketones (excluding diaryl/α,β-unsaturated/α-hetero) is 1. The molecule has 0 saturated carbocycles. The van der Waals surface area contributed by atoms with Gasteiger partial charge in [-0.3, -0.25) is 9.59 Å². The molecule has 0 radical (unpaired) electrons. The van der Waals surface area contributed by atoms with Crippen LogP contribution in [0.5, 0.6) is 0 Å². The van der Waals surface area contributed by atoms with E-state index in [4.69, 9.17) is 0 Å². The Labute approximate surface area is 143 Å². The third kappa shape index (κ3) is 1.97. The molecule has 0 bridgehead atoms. The van der Waals surface area contributed by atoms with Crippen LogP contribution in [-0.4, -0.2) is 16.9 Å². The van der Waals surface area contributed by atoms with Crippen LogP contribution in [0.3, 0.4) is 0 Å². The number of nitrogens with one attached hydrogen (secondary N) is 1. The Hall–Kier alpha value is -2.14. The summed E-state index contributed by atoms with van der Waals surface area (Å²) in [6.07, 6.45) is 0. The fourth-order valence-electron chi connectivity index (χ4n) is 3.71. The topological polar surface area (TPSA) is 46.2 Å². The van der Waals surface area contributed by atoms with Gasteiger partial charge in [-0.05, 0) is 37.6 Å². The lowest BCUT2D eigenvalue weighted by Gasteiger charge is -2.28. The Kier molecular flexibility index (Phi) is 3.32. The van der Waals surface area contributed by atoms with Gasteiger partial charge in [0.25, 0.3) is 0 Å². The molecule has 0 aliphatic carbocycles. The van der Waals surface area contributed by atoms with E-state index >= 15 is 0 Å². The molecule has 3 atom stereocenters. The molecule has 2 aromatic rings. The molecule has 24 heavy (non-hydrogen) atoms. The van der Waals surface area contributed by atoms with Crippen molar-refractivity contribution >= 4 is 29.1 Å². The van der Waals surface area contributed by atoms with Crippen LogP contribution in [0.15, 0.2) is 42.5 Å². The molecule has 1 saturated heterocycles. The second-order valence-electron chi connectivity index (χ2n) is 6.39. The van der Waals surface area contributed by atoms with E-state index in [0.29, 0.717) is 5.56 Å². The van der Waals surface area contributed by atoms with Crippen LogP contribution in [0.2, 0.25) is 0 Å². The normalized spacial score (nSPS) is 28.3. The Morgan fingerprint density at radius 2 is 1.83 bits per heavy atom. The van der Waals surface area contributed by atoms with Crippen LogP contribution >= 0.6 is 11.8 Å². The van der Waals surface area contributed by atoms with Crippen molar-refractivity contribution in [2.75, 3.05) is 5.32 Å². The molecule has 2 aliphatic heterocycles. The van der Waals surface area contributed by atoms with Crippen LogP contribution in [-0.2, 0) is 14.3 Å². The van der Waals surface area contributed by atoms with E-state index in [1.54, 1.807) is 12.1 Å². The highest BCUT2D eigenvalue weighted by Gasteiger charge is 2.62. The van der Waals surface area contributed by atoms with E-state index in [1.165, 1.54) is 23.9 Å². The highest BCUT2D eigenvalue weighted by molar-refractivity contribution is 8.03. The standard InChI is InChI=1S/C19H16FNO2S/c1-10-3-8-15-14(9-10)19(18(23)21-15)16(17(22)11(2)24-19)12-4-6-13(20)7-5-12/h3-9,11,16H,1-2H3,(H,21,23). The van der Waals surface area contributed by atoms with Crippen molar-refractivity contribution in [1.29, 1.82) is 0 Å². The number of carbonyl (C=O) groups excluding carboxylic acids is 2. The molecule has 3 nitrogen and oxygen atoms in total. The van der Waals surface area contributed by atoms with Gasteiger partial charge in [-0.2, -0.15) is 0 Å². The molecule has 2 aliphatic rings. The molecular formula is C19H16FNO2S. The first kappa shape index (κ1) is 15.4. The SMILES string of the molecule is Cc1ccc2c(c1)C1(SC(C)C(=O)C1c1ccc(F)cc1)C(=O)N2. The molecule has 2 aromatic carbocycles. The number of thioether (sulfide) groups is 1. The minimum absolute atomic E-state index is 0.0103. The zero-order valence-corrected chi connectivity index (χ0v) is 14.1. The molecule has 1 amide bonds. The molecule has 1 N–H and O–H groups in total. The van der Waals surface area contributed by atoms with Crippen LogP contribution < -0.4 is 5.32 Å². The van der Waals surface area contributed by atoms with E-state index in [2.05, 4.69) is 5.32 Å². The maximum absolute atomic E-state index is 13.3. The number of rotatable bonds is 1. The number of benzene rings is 2. The second-order valence-corrected chi connectivity index (χ2v) is 7.97. The summed E-state index contributed by atoms with van der Waals surface area (Å²) in [4.78, 5) is 25.8. The lowest BCUT2D eigenvalue weighted by molar-refractivity contribution is -0.124. The summed E-state index contributed by atoms with van der Waals surface area (Å²) in [6, 6.07) is 11.7. The number of carbonyl (C=O) groups is 2. The number of hydrogen-bond donors (Lipinski definition) is 1. The molecule has 3 unspecified atom stereocenters. The number of amides is 1. The molecular weight excluding hydrogens is 325 g/mol. The number of aryl methyl sites for hydroxylation is 1. The van der Waals surface area contributed by atoms with Crippen molar-refractivity contribution in [2.45, 2.75) is 29.8 Å². The highest BCUT2D eigenvalue weighted by Crippen LogP contribution is 2.61. The minimum Gasteiger partial charge on any atom is -0.324 e. The van der Waals surface area contributed by atoms with Crippen LogP contribution in [0.4, 0.5) is 10.1 Å². The first-order valence-corrected chi connectivity index (χ1v) is 8.71. The van der Waals surface area contributed by atoms with E-state index in [0.717, 1.165) is 16.8 Å². The number of fused-ring (bicyclic) bond motifs is 2. The van der Waals surface area contributed by atoms with Gasteiger partial charge in [0.15, 0.2) is 5.78 Å². The van der Waals surface area contributed by atoms with E-state index < -0.39 is 10.7 Å². The summed E-state index contributed by atoms with van der Waals surface area (Å²) in [5.41, 5.74) is 3.33. The van der Waals surface area contributed by atoms with Crippen molar-refractivity contribution in [1.82, 2.24) is 0 Å². The summed E-state index contributed by atoms with van der Waals surface area (Å²) in [7, 11) is 0. The van der Waals surface area contributed by atoms with Crippen molar-refractivity contribution < 1.29 is 14.0 Å². The molecule has 2 heterocycles. The first-order chi connectivity index (χ1) is 11.4. The molecule has 5 heteroatoms. The average molecular weight is 341 g/mol. The fraction of sp³-hybridized carbons (Fsp3) is 0.263. The molecule has 0 aromatic heterocycles. The third-order valence-corrected chi connectivity index (χ3v) is 6.42. The van der Waals surface area contributed by atoms with Crippen LogP contribution in [0, 0.1) is 12.7 Å². The molecule has 1 spiro atoms. The van der Waals surface area contributed by atoms with Crippen molar-refractivity contribution in [3.05, 3.63) is 65.0 Å². The van der Waals surface area contributed by atoms with E-state index in [-0.39, 0.29) is 22.8 Å². The first-order valence-electron chi connectivity index (χ1n) is 7.83. The Morgan fingerprint density at radius 1 is 1.12 bits per heavy atom. The molecule has 122 valence electrons. The summed E-state index contributed by atoms with van der Waals surface area (Å²) in [5.74, 6) is -1.12. The summed E-state index contributed by atoms with van der Waals surface area (Å²) < 4.78 is 12.3. The number of hydrogen-bond acceptors (Lipinski definition) is 3. The Morgan fingerprint density at radius 3 is 2.54 bits per heavy atom. The maximum Gasteiger partial charge on any atom is 0.246 e. The zero-order valence-electron chi connectivity index (χ0n) is 13.3. The predicted octanol–water partition coefficient (Wildman–Crippen LogP) is 3.77. The lowest BCUT2D eigenvalue weighted by Crippen LogP contribution is -2.36. The highest BCUT2D eigenvalue weighted by atomic mass is 32.2. The van der Waals surface area contributed by atoms with Gasteiger partial charge in [0.05, 0.1) is 11.2 Å². The van der Waals surface area contributed by atoms with Gasteiger partial charge in [-0.25, -0.2) is 4.39 Å². The fourth-order valence-corrected chi connectivity index (χ4v) is 5.36. The van der Waals surface area contributed by atoms with Crippen molar-refractivity contribution in [3.63, 3.8) is 0 Å². The van der Waals surface area contributed by atoms with E-state index in [1.807, 2.05) is 32.0 Å². The van der Waals surface area contributed by atoms with Gasteiger partial charge in [-0.1, -0.05) is 29.8 Å². The Bertz CT molecular complexity index is 864. The number of anilines is 1. The number of ketones is 1. The summed E-state index contributed by atoms with van der Waals surface area (Å²) >= 11 is 1.39. The van der Waals surface area contributed by atoms with Crippen molar-refractivity contribution in [2.24, 2.45) is 0 Å². The van der Waals surface area contributed by atoms with E-state index in [9.17, 15) is 14.0 Å². The average Bonchev–Trinajstić information content (AvgIpc) is 2.97. The monoisotopic (exact) mass is 341 g/mol. The molecule has 4 rings (SSSR count). The van der Waals surface area contributed by atoms with Gasteiger partial charge in [0, 0.05) is 11.3 Å². The molecule has 1 fully saturated rings. The van der Waals surface area contributed by atoms with Crippen LogP contribution in [0.25, 0.3) is 0 Å². The predicted molar refractivity (Wildman–Crippen MR) is 92.7 cm³/mol. The van der Waals surface area contributed by atoms with Gasteiger partial charge in [0.1, 0.15) is 10.6 Å². The van der Waals surface area contributed by atoms with Gasteiger partial charge < -0.3 is 5.32 Å². The zero-order chi connectivity index (χ0) is 17.1. The largest absolute Gasteiger partial charge is 0.324 e. The van der Waals surface area contributed by atoms with Gasteiger partial charge in [-0.15, -0.1) is 11.8 Å². The summed E-state index contributed by atoms with van der Waals surface area (Å²) in [6.45, 7) is 3.80. The smallest absolute Gasteiger partial charge is 0.246 e. The second kappa shape index (κ2) is 5.18. The van der Waals surface area contributed by atoms with Crippen molar-refractivity contribution in [3.8, 4) is 0 Å². The minimum atomic E-state index is -0.977. The van der Waals surface area contributed by atoms with Crippen LogP contribution in [0.1, 0.15) is 29.5 Å². The maximum atomic E-state index is 13.3. The third-order valence-electron chi connectivity index (χ3n) is 4.82. The summed E-state index contributed by atoms with van der Waals surface area (Å²) in [5, 5.41) is 2.63. The number of halogens is 1. The lowest BCUT2D eigenvalue weighted by atomic mass is 9.78. The van der Waals surface area contributed by atoms with Gasteiger partial charge >= 0.3 is 0 Å². The Balaban J connectivity index is 1.95.